The number of hydrogen-bond donors (Lipinski definition) is 1. The SMILES string of the molecule is CCc1cc(CC(CNC)C(C)(C)C)n(C)n1. The van der Waals surface area contributed by atoms with Crippen LogP contribution in [0.4, 0.5) is 0 Å². The number of nitrogens with one attached hydrogen (secondary N) is 1. The molecule has 0 amide bonds. The van der Waals surface area contributed by atoms with Crippen LogP contribution in [0.2, 0.25) is 0 Å². The molecule has 0 aliphatic carbocycles. The quantitative estimate of drug-likeness (QED) is 0.852. The second-order valence-corrected chi connectivity index (χ2v) is 5.93. The van der Waals surface area contributed by atoms with Gasteiger partial charge in [-0.25, -0.2) is 0 Å². The Morgan fingerprint density at radius 2 is 2.06 bits per heavy atom. The van der Waals surface area contributed by atoms with Crippen LogP contribution in [-0.4, -0.2) is 23.4 Å². The van der Waals surface area contributed by atoms with Crippen molar-refractivity contribution in [2.45, 2.75) is 40.5 Å². The van der Waals surface area contributed by atoms with E-state index in [4.69, 9.17) is 0 Å². The Bertz CT molecular complexity index is 347. The molecule has 1 rings (SSSR count). The van der Waals surface area contributed by atoms with Gasteiger partial charge in [-0.1, -0.05) is 27.7 Å². The molecule has 0 fully saturated rings. The first-order valence-electron chi connectivity index (χ1n) is 6.54. The van der Waals surface area contributed by atoms with Crippen molar-refractivity contribution in [2.75, 3.05) is 13.6 Å². The fourth-order valence-corrected chi connectivity index (χ4v) is 2.12. The van der Waals surface area contributed by atoms with Crippen molar-refractivity contribution in [3.05, 3.63) is 17.5 Å². The number of aromatic nitrogens is 2. The van der Waals surface area contributed by atoms with Gasteiger partial charge in [0.25, 0.3) is 0 Å². The van der Waals surface area contributed by atoms with Crippen molar-refractivity contribution >= 4 is 0 Å². The van der Waals surface area contributed by atoms with Crippen molar-refractivity contribution in [1.29, 1.82) is 0 Å². The predicted molar refractivity (Wildman–Crippen MR) is 73.2 cm³/mol. The molecule has 0 spiro atoms. The average molecular weight is 237 g/mol. The van der Waals surface area contributed by atoms with Gasteiger partial charge in [-0.2, -0.15) is 5.10 Å². The number of aryl methyl sites for hydroxylation is 2. The molecular weight excluding hydrogens is 210 g/mol. The molecule has 1 atom stereocenters. The van der Waals surface area contributed by atoms with E-state index >= 15 is 0 Å². The van der Waals surface area contributed by atoms with Crippen molar-refractivity contribution in [3.63, 3.8) is 0 Å². The first-order valence-corrected chi connectivity index (χ1v) is 6.54. The molecule has 3 nitrogen and oxygen atoms in total. The maximum atomic E-state index is 4.52. The Labute approximate surface area is 106 Å². The Kier molecular flexibility index (Phi) is 4.75. The fraction of sp³-hybridized carbons (Fsp3) is 0.786. The normalized spacial score (nSPS) is 14.0. The van der Waals surface area contributed by atoms with Gasteiger partial charge in [-0.3, -0.25) is 4.68 Å². The van der Waals surface area contributed by atoms with Crippen molar-refractivity contribution in [2.24, 2.45) is 18.4 Å². The molecule has 1 heterocycles. The van der Waals surface area contributed by atoms with Gasteiger partial charge in [0.15, 0.2) is 0 Å². The average Bonchev–Trinajstić information content (AvgIpc) is 2.58. The van der Waals surface area contributed by atoms with Gasteiger partial charge < -0.3 is 5.32 Å². The lowest BCUT2D eigenvalue weighted by atomic mass is 9.78. The Morgan fingerprint density at radius 1 is 1.41 bits per heavy atom. The molecule has 0 radical (unpaired) electrons. The number of rotatable bonds is 5. The highest BCUT2D eigenvalue weighted by Crippen LogP contribution is 2.28. The van der Waals surface area contributed by atoms with Crippen LogP contribution in [0.25, 0.3) is 0 Å². The summed E-state index contributed by atoms with van der Waals surface area (Å²) in [4.78, 5) is 0. The lowest BCUT2D eigenvalue weighted by Gasteiger charge is -2.30. The van der Waals surface area contributed by atoms with E-state index in [9.17, 15) is 0 Å². The summed E-state index contributed by atoms with van der Waals surface area (Å²) in [5.41, 5.74) is 2.86. The minimum absolute atomic E-state index is 0.319. The molecule has 0 saturated carbocycles. The van der Waals surface area contributed by atoms with E-state index in [0.29, 0.717) is 11.3 Å². The highest BCUT2D eigenvalue weighted by molar-refractivity contribution is 5.11. The third kappa shape index (κ3) is 3.84. The smallest absolute Gasteiger partial charge is 0.0624 e. The third-order valence-corrected chi connectivity index (χ3v) is 3.52. The number of hydrogen-bond acceptors (Lipinski definition) is 2. The van der Waals surface area contributed by atoms with Crippen molar-refractivity contribution < 1.29 is 0 Å². The van der Waals surface area contributed by atoms with Gasteiger partial charge >= 0.3 is 0 Å². The molecule has 0 aliphatic heterocycles. The van der Waals surface area contributed by atoms with E-state index in [-0.39, 0.29) is 0 Å². The van der Waals surface area contributed by atoms with Crippen molar-refractivity contribution in [3.8, 4) is 0 Å². The summed E-state index contributed by atoms with van der Waals surface area (Å²) in [5.74, 6) is 0.632. The molecule has 1 aromatic heterocycles. The van der Waals surface area contributed by atoms with Crippen LogP contribution in [0.1, 0.15) is 39.1 Å². The van der Waals surface area contributed by atoms with E-state index < -0.39 is 0 Å². The fourth-order valence-electron chi connectivity index (χ4n) is 2.12. The third-order valence-electron chi connectivity index (χ3n) is 3.52. The van der Waals surface area contributed by atoms with Gasteiger partial charge in [-0.05, 0) is 43.8 Å². The minimum Gasteiger partial charge on any atom is -0.319 e. The summed E-state index contributed by atoms with van der Waals surface area (Å²) in [6.45, 7) is 10.1. The maximum Gasteiger partial charge on any atom is 0.0624 e. The zero-order chi connectivity index (χ0) is 13.1. The molecule has 17 heavy (non-hydrogen) atoms. The van der Waals surface area contributed by atoms with E-state index in [1.54, 1.807) is 0 Å². The van der Waals surface area contributed by atoms with Gasteiger partial charge in [0.1, 0.15) is 0 Å². The van der Waals surface area contributed by atoms with Crippen LogP contribution in [0.3, 0.4) is 0 Å². The molecule has 1 unspecified atom stereocenters. The Hall–Kier alpha value is -0.830. The second-order valence-electron chi connectivity index (χ2n) is 5.93. The summed E-state index contributed by atoms with van der Waals surface area (Å²) in [6.07, 6.45) is 2.11. The van der Waals surface area contributed by atoms with Crippen LogP contribution in [0.5, 0.6) is 0 Å². The standard InChI is InChI=1S/C14H27N3/c1-7-12-9-13(17(6)16-12)8-11(10-15-5)14(2,3)4/h9,11,15H,7-8,10H2,1-6H3. The van der Waals surface area contributed by atoms with Crippen LogP contribution in [-0.2, 0) is 19.9 Å². The minimum atomic E-state index is 0.319. The van der Waals surface area contributed by atoms with Crippen LogP contribution in [0.15, 0.2) is 6.07 Å². The molecule has 0 saturated heterocycles. The van der Waals surface area contributed by atoms with Gasteiger partial charge in [-0.15, -0.1) is 0 Å². The highest BCUT2D eigenvalue weighted by atomic mass is 15.3. The van der Waals surface area contributed by atoms with E-state index in [1.807, 2.05) is 18.8 Å². The molecule has 0 bridgehead atoms. The Morgan fingerprint density at radius 3 is 2.47 bits per heavy atom. The van der Waals surface area contributed by atoms with E-state index in [0.717, 1.165) is 19.4 Å². The molecule has 98 valence electrons. The first-order chi connectivity index (χ1) is 7.88. The summed E-state index contributed by atoms with van der Waals surface area (Å²) in [5, 5.41) is 7.83. The largest absolute Gasteiger partial charge is 0.319 e. The van der Waals surface area contributed by atoms with Gasteiger partial charge in [0, 0.05) is 12.7 Å². The van der Waals surface area contributed by atoms with E-state index in [1.165, 1.54) is 11.4 Å². The van der Waals surface area contributed by atoms with Gasteiger partial charge in [0.2, 0.25) is 0 Å². The van der Waals surface area contributed by atoms with E-state index in [2.05, 4.69) is 44.2 Å². The van der Waals surface area contributed by atoms with Crippen LogP contribution in [0, 0.1) is 11.3 Å². The van der Waals surface area contributed by atoms with Crippen molar-refractivity contribution in [1.82, 2.24) is 15.1 Å². The summed E-state index contributed by atoms with van der Waals surface area (Å²) < 4.78 is 2.03. The lowest BCUT2D eigenvalue weighted by molar-refractivity contribution is 0.231. The zero-order valence-corrected chi connectivity index (χ0v) is 12.2. The van der Waals surface area contributed by atoms with Crippen LogP contribution >= 0.6 is 0 Å². The lowest BCUT2D eigenvalue weighted by Crippen LogP contribution is -2.32. The molecule has 0 aliphatic rings. The molecular formula is C14H27N3. The molecule has 0 aromatic carbocycles. The zero-order valence-electron chi connectivity index (χ0n) is 12.2. The second kappa shape index (κ2) is 5.67. The summed E-state index contributed by atoms with van der Waals surface area (Å²) >= 11 is 0. The molecule has 1 aromatic rings. The monoisotopic (exact) mass is 237 g/mol. The highest BCUT2D eigenvalue weighted by Gasteiger charge is 2.25. The number of nitrogens with zero attached hydrogens (tertiary/aromatic N) is 2. The molecule has 3 heteroatoms. The Balaban J connectivity index is 2.82. The topological polar surface area (TPSA) is 29.9 Å². The van der Waals surface area contributed by atoms with Gasteiger partial charge in [0.05, 0.1) is 5.69 Å². The summed E-state index contributed by atoms with van der Waals surface area (Å²) in [7, 11) is 4.08. The predicted octanol–water partition coefficient (Wildman–Crippen LogP) is 2.41. The maximum absolute atomic E-state index is 4.52. The van der Waals surface area contributed by atoms with Crippen LogP contribution < -0.4 is 5.32 Å². The first kappa shape index (κ1) is 14.2. The summed E-state index contributed by atoms with van der Waals surface area (Å²) in [6, 6.07) is 2.24. The molecule has 1 N–H and O–H groups in total.